The van der Waals surface area contributed by atoms with Crippen molar-refractivity contribution in [1.82, 2.24) is 0 Å². The van der Waals surface area contributed by atoms with Crippen LogP contribution >= 0.6 is 0 Å². The normalized spacial score (nSPS) is 14.2. The lowest BCUT2D eigenvalue weighted by Gasteiger charge is -2.10. The van der Waals surface area contributed by atoms with E-state index in [-0.39, 0.29) is 17.1 Å². The van der Waals surface area contributed by atoms with Gasteiger partial charge in [-0.1, -0.05) is 0 Å². The quantitative estimate of drug-likeness (QED) is 0.663. The molecular formula is C11H12O5. The third-order valence-corrected chi connectivity index (χ3v) is 2.67. The number of methoxy groups -OCH3 is 1. The van der Waals surface area contributed by atoms with Gasteiger partial charge in [0, 0.05) is 17.5 Å². The van der Waals surface area contributed by atoms with E-state index in [1.165, 1.54) is 14.0 Å². The maximum atomic E-state index is 11.6. The van der Waals surface area contributed by atoms with Crippen LogP contribution in [0.15, 0.2) is 0 Å². The molecule has 1 aliphatic carbocycles. The lowest BCUT2D eigenvalue weighted by Crippen LogP contribution is -2.16. The van der Waals surface area contributed by atoms with Crippen molar-refractivity contribution >= 4 is 5.78 Å². The number of aliphatic hydroxyl groups is 1. The highest BCUT2D eigenvalue weighted by Gasteiger charge is 2.36. The molecule has 0 amide bonds. The van der Waals surface area contributed by atoms with E-state index in [4.69, 9.17) is 4.74 Å². The number of phenols is 2. The maximum Gasteiger partial charge on any atom is 0.198 e. The minimum absolute atomic E-state index is 0.205. The summed E-state index contributed by atoms with van der Waals surface area (Å²) in [6, 6.07) is 0. The van der Waals surface area contributed by atoms with Crippen molar-refractivity contribution < 1.29 is 24.9 Å². The first-order chi connectivity index (χ1) is 7.49. The van der Waals surface area contributed by atoms with Crippen molar-refractivity contribution in [3.05, 3.63) is 16.7 Å². The fraction of sp³-hybridized carbons (Fsp3) is 0.364. The molecule has 16 heavy (non-hydrogen) atoms. The van der Waals surface area contributed by atoms with E-state index in [1.807, 2.05) is 0 Å². The molecule has 0 saturated heterocycles. The Balaban J connectivity index is 2.62. The third-order valence-electron chi connectivity index (χ3n) is 2.67. The van der Waals surface area contributed by atoms with Gasteiger partial charge in [0.05, 0.1) is 7.11 Å². The van der Waals surface area contributed by atoms with Crippen LogP contribution in [0.25, 0.3) is 0 Å². The van der Waals surface area contributed by atoms with Gasteiger partial charge in [-0.05, 0) is 6.92 Å². The van der Waals surface area contributed by atoms with Crippen molar-refractivity contribution in [2.45, 2.75) is 19.4 Å². The average Bonchev–Trinajstić information content (AvgIpc) is 2.98. The number of aromatic hydroxyl groups is 2. The predicted molar refractivity (Wildman–Crippen MR) is 55.1 cm³/mol. The van der Waals surface area contributed by atoms with Crippen molar-refractivity contribution in [3.63, 3.8) is 0 Å². The van der Waals surface area contributed by atoms with Crippen LogP contribution in [0.5, 0.6) is 17.2 Å². The number of benzene rings is 1. The van der Waals surface area contributed by atoms with Crippen molar-refractivity contribution in [3.8, 4) is 17.2 Å². The second-order valence-corrected chi connectivity index (χ2v) is 3.78. The number of hydrogen-bond acceptors (Lipinski definition) is 5. The van der Waals surface area contributed by atoms with Crippen LogP contribution in [0.2, 0.25) is 0 Å². The molecular weight excluding hydrogens is 212 g/mol. The summed E-state index contributed by atoms with van der Waals surface area (Å²) in [6.45, 7) is 1.28. The molecule has 1 atom stereocenters. The molecule has 1 aliphatic rings. The molecule has 2 rings (SSSR count). The molecule has 5 nitrogen and oxygen atoms in total. The van der Waals surface area contributed by atoms with Gasteiger partial charge in [-0.2, -0.15) is 0 Å². The zero-order valence-electron chi connectivity index (χ0n) is 8.94. The lowest BCUT2D eigenvalue weighted by atomic mass is 10.0. The van der Waals surface area contributed by atoms with Crippen LogP contribution in [0.1, 0.15) is 28.4 Å². The molecule has 1 unspecified atom stereocenters. The first kappa shape index (κ1) is 10.8. The molecule has 1 aromatic carbocycles. The summed E-state index contributed by atoms with van der Waals surface area (Å²) >= 11 is 0. The van der Waals surface area contributed by atoms with E-state index >= 15 is 0 Å². The summed E-state index contributed by atoms with van der Waals surface area (Å²) in [5, 5.41) is 28.7. The number of ketones is 1. The molecule has 0 spiro atoms. The number of rotatable bonds is 3. The van der Waals surface area contributed by atoms with Crippen molar-refractivity contribution in [1.29, 1.82) is 0 Å². The number of ether oxygens (including phenoxy) is 1. The summed E-state index contributed by atoms with van der Waals surface area (Å²) in [7, 11) is 1.38. The van der Waals surface area contributed by atoms with Gasteiger partial charge in [0.25, 0.3) is 0 Å². The van der Waals surface area contributed by atoms with Crippen LogP contribution in [0.4, 0.5) is 0 Å². The van der Waals surface area contributed by atoms with Crippen LogP contribution < -0.4 is 4.74 Å². The van der Waals surface area contributed by atoms with Gasteiger partial charge in [-0.15, -0.1) is 0 Å². The summed E-state index contributed by atoms with van der Waals surface area (Å²) in [6.07, 6.45) is -0.784. The topological polar surface area (TPSA) is 87.0 Å². The van der Waals surface area contributed by atoms with Gasteiger partial charge in [0.15, 0.2) is 17.3 Å². The molecule has 0 fully saturated rings. The predicted octanol–water partition coefficient (Wildman–Crippen LogP) is 0.574. The standard InChI is InChI=1S/C11H12O5/c1-4(12)8(13)7-9(14)5-3-6(5)11(16-2)10(7)15/h4,12,14-15H,3H2,1-2H3. The van der Waals surface area contributed by atoms with E-state index in [2.05, 4.69) is 0 Å². The fourth-order valence-electron chi connectivity index (χ4n) is 1.76. The van der Waals surface area contributed by atoms with Gasteiger partial charge in [0.2, 0.25) is 0 Å². The summed E-state index contributed by atoms with van der Waals surface area (Å²) < 4.78 is 4.96. The lowest BCUT2D eigenvalue weighted by molar-refractivity contribution is 0.0773. The van der Waals surface area contributed by atoms with Gasteiger partial charge < -0.3 is 20.1 Å². The number of fused-ring (bicyclic) bond motifs is 1. The van der Waals surface area contributed by atoms with E-state index in [1.54, 1.807) is 0 Å². The van der Waals surface area contributed by atoms with Gasteiger partial charge in [-0.25, -0.2) is 0 Å². The average molecular weight is 224 g/mol. The highest BCUT2D eigenvalue weighted by molar-refractivity contribution is 6.05. The highest BCUT2D eigenvalue weighted by atomic mass is 16.5. The molecule has 0 aliphatic heterocycles. The number of carbonyl (C=O) groups excluding carboxylic acids is 1. The summed E-state index contributed by atoms with van der Waals surface area (Å²) in [5.41, 5.74) is 1.04. The van der Waals surface area contributed by atoms with Crippen LogP contribution in [0.3, 0.4) is 0 Å². The van der Waals surface area contributed by atoms with Crippen LogP contribution in [0, 0.1) is 0 Å². The molecule has 0 aromatic heterocycles. The van der Waals surface area contributed by atoms with Crippen molar-refractivity contribution in [2.75, 3.05) is 7.11 Å². The van der Waals surface area contributed by atoms with E-state index in [0.717, 1.165) is 0 Å². The molecule has 0 heterocycles. The Kier molecular flexibility index (Phi) is 2.27. The van der Waals surface area contributed by atoms with Gasteiger partial charge in [0.1, 0.15) is 17.4 Å². The smallest absolute Gasteiger partial charge is 0.198 e. The summed E-state index contributed by atoms with van der Waals surface area (Å²) in [4.78, 5) is 11.6. The Morgan fingerprint density at radius 2 is 1.94 bits per heavy atom. The first-order valence-electron chi connectivity index (χ1n) is 4.85. The molecule has 3 N–H and O–H groups in total. The largest absolute Gasteiger partial charge is 0.507 e. The number of Topliss-reactive ketones (excluding diaryl/α,β-unsaturated/α-hetero) is 1. The maximum absolute atomic E-state index is 11.6. The van der Waals surface area contributed by atoms with E-state index in [0.29, 0.717) is 17.5 Å². The zero-order chi connectivity index (χ0) is 12.0. The highest BCUT2D eigenvalue weighted by Crippen LogP contribution is 2.51. The Hall–Kier alpha value is -1.75. The van der Waals surface area contributed by atoms with Gasteiger partial charge >= 0.3 is 0 Å². The van der Waals surface area contributed by atoms with E-state index in [9.17, 15) is 20.1 Å². The number of hydrogen-bond donors (Lipinski definition) is 3. The minimum Gasteiger partial charge on any atom is -0.507 e. The zero-order valence-corrected chi connectivity index (χ0v) is 8.94. The second kappa shape index (κ2) is 3.38. The summed E-state index contributed by atoms with van der Waals surface area (Å²) in [5.74, 6) is -1.17. The molecule has 1 aromatic rings. The molecule has 86 valence electrons. The SMILES string of the molecule is COc1c(O)c(C(=O)C(C)O)c(O)c2c1C2. The molecule has 0 radical (unpaired) electrons. The molecule has 0 saturated carbocycles. The number of aliphatic hydroxyl groups excluding tert-OH is 1. The number of phenolic OH excluding ortho intramolecular Hbond substituents is 2. The van der Waals surface area contributed by atoms with Crippen LogP contribution in [-0.2, 0) is 6.42 Å². The fourth-order valence-corrected chi connectivity index (χ4v) is 1.76. The Morgan fingerprint density at radius 3 is 2.44 bits per heavy atom. The van der Waals surface area contributed by atoms with Crippen LogP contribution in [-0.4, -0.2) is 34.3 Å². The van der Waals surface area contributed by atoms with E-state index < -0.39 is 17.6 Å². The first-order valence-corrected chi connectivity index (χ1v) is 4.85. The molecule has 5 heteroatoms. The molecule has 0 bridgehead atoms. The Morgan fingerprint density at radius 1 is 1.31 bits per heavy atom. The Bertz CT molecular complexity index is 476. The van der Waals surface area contributed by atoms with Crippen molar-refractivity contribution in [2.24, 2.45) is 0 Å². The number of carbonyl (C=O) groups is 1. The van der Waals surface area contributed by atoms with Gasteiger partial charge in [-0.3, -0.25) is 4.79 Å². The minimum atomic E-state index is -1.28. The Labute approximate surface area is 91.9 Å². The third kappa shape index (κ3) is 1.32. The second-order valence-electron chi connectivity index (χ2n) is 3.78. The monoisotopic (exact) mass is 224 g/mol.